The molecule has 2 aromatic heterocycles. The van der Waals surface area contributed by atoms with Crippen LogP contribution in [0.25, 0.3) is 11.4 Å². The third-order valence-corrected chi connectivity index (χ3v) is 5.98. The molecule has 0 aromatic carbocycles. The zero-order valence-electron chi connectivity index (χ0n) is 18.6. The van der Waals surface area contributed by atoms with Crippen molar-refractivity contribution in [3.8, 4) is 22.9 Å². The van der Waals surface area contributed by atoms with Crippen LogP contribution < -0.4 is 14.9 Å². The summed E-state index contributed by atoms with van der Waals surface area (Å²) < 4.78 is 14.1. The smallest absolute Gasteiger partial charge is 0.341 e. The normalized spacial score (nSPS) is 17.9. The molecule has 0 unspecified atom stereocenters. The highest BCUT2D eigenvalue weighted by atomic mass is 16.5. The fraction of sp³-hybridized carbons (Fsp3) is 0.542. The topological polar surface area (TPSA) is 90.6 Å². The summed E-state index contributed by atoms with van der Waals surface area (Å²) >= 11 is 0. The highest BCUT2D eigenvalue weighted by Gasteiger charge is 2.36. The lowest BCUT2D eigenvalue weighted by Crippen LogP contribution is -2.31. The van der Waals surface area contributed by atoms with Gasteiger partial charge < -0.3 is 19.1 Å². The Kier molecular flexibility index (Phi) is 5.54. The molecular formula is C24H30N2O5. The largest absolute Gasteiger partial charge is 0.492 e. The molecular weight excluding hydrogens is 396 g/mol. The molecule has 1 aliphatic carbocycles. The third-order valence-electron chi connectivity index (χ3n) is 5.98. The lowest BCUT2D eigenvalue weighted by molar-refractivity contribution is 0.0693. The van der Waals surface area contributed by atoms with Crippen molar-refractivity contribution in [3.05, 3.63) is 39.8 Å². The van der Waals surface area contributed by atoms with Crippen LogP contribution in [0.15, 0.2) is 23.1 Å². The van der Waals surface area contributed by atoms with Gasteiger partial charge in [0.25, 0.3) is 0 Å². The molecule has 31 heavy (non-hydrogen) atoms. The maximum Gasteiger partial charge on any atom is 0.341 e. The van der Waals surface area contributed by atoms with Crippen molar-refractivity contribution in [3.63, 3.8) is 0 Å². The second kappa shape index (κ2) is 8.02. The summed E-state index contributed by atoms with van der Waals surface area (Å²) in [6, 6.07) is 3.11. The van der Waals surface area contributed by atoms with Gasteiger partial charge in [0.05, 0.1) is 24.0 Å². The van der Waals surface area contributed by atoms with E-state index in [1.807, 2.05) is 10.6 Å². The molecule has 3 heterocycles. The van der Waals surface area contributed by atoms with Gasteiger partial charge in [0, 0.05) is 24.2 Å². The van der Waals surface area contributed by atoms with Crippen molar-refractivity contribution >= 4 is 5.97 Å². The Bertz CT molecular complexity index is 1060. The molecule has 4 rings (SSSR count). The van der Waals surface area contributed by atoms with Gasteiger partial charge in [0.2, 0.25) is 0 Å². The van der Waals surface area contributed by atoms with Gasteiger partial charge in [-0.15, -0.1) is 0 Å². The number of carboxylic acid groups (broad SMARTS) is 1. The standard InChI is InChI=1S/C24H30N2O5/c1-5-6-9-30-18-11-19-22(25-21(18)14-7-8-14)16-10-17(27)15(23(28)29)12-26(16)20(13-31-19)24(2,3)4/h10-12,14,20H,5-9,13H2,1-4H3,(H,28,29)/t20-/m0/s1. The van der Waals surface area contributed by atoms with E-state index in [1.165, 1.54) is 12.3 Å². The fourth-order valence-corrected chi connectivity index (χ4v) is 3.95. The maximum atomic E-state index is 12.6. The number of ether oxygens (including phenoxy) is 2. The van der Waals surface area contributed by atoms with Crippen LogP contribution in [-0.2, 0) is 0 Å². The Morgan fingerprint density at radius 2 is 2.06 bits per heavy atom. The molecule has 0 radical (unpaired) electrons. The molecule has 166 valence electrons. The predicted molar refractivity (Wildman–Crippen MR) is 117 cm³/mol. The highest BCUT2D eigenvalue weighted by molar-refractivity contribution is 5.87. The Balaban J connectivity index is 1.90. The summed E-state index contributed by atoms with van der Waals surface area (Å²) in [7, 11) is 0. The second-order valence-corrected chi connectivity index (χ2v) is 9.54. The molecule has 7 heteroatoms. The van der Waals surface area contributed by atoms with Crippen molar-refractivity contribution in [1.82, 2.24) is 9.55 Å². The lowest BCUT2D eigenvalue weighted by Gasteiger charge is -2.32. The van der Waals surface area contributed by atoms with E-state index in [2.05, 4.69) is 27.7 Å². The van der Waals surface area contributed by atoms with E-state index in [9.17, 15) is 14.7 Å². The molecule has 0 bridgehead atoms. The van der Waals surface area contributed by atoms with Gasteiger partial charge in [-0.3, -0.25) is 4.79 Å². The van der Waals surface area contributed by atoms with Crippen LogP contribution in [0.2, 0.25) is 0 Å². The molecule has 2 aliphatic rings. The molecule has 1 aliphatic heterocycles. The molecule has 1 fully saturated rings. The first-order valence-electron chi connectivity index (χ1n) is 11.0. The number of hydrogen-bond acceptors (Lipinski definition) is 5. The molecule has 1 N–H and O–H groups in total. The van der Waals surface area contributed by atoms with Crippen LogP contribution in [0.4, 0.5) is 0 Å². The number of unbranched alkanes of at least 4 members (excludes halogenated alkanes) is 1. The molecule has 7 nitrogen and oxygen atoms in total. The van der Waals surface area contributed by atoms with Crippen LogP contribution in [0.5, 0.6) is 11.5 Å². The Morgan fingerprint density at radius 3 is 2.68 bits per heavy atom. The van der Waals surface area contributed by atoms with Gasteiger partial charge in [-0.25, -0.2) is 9.78 Å². The minimum absolute atomic E-state index is 0.177. The molecule has 1 atom stereocenters. The SMILES string of the molecule is CCCCOc1cc2c(nc1C1CC1)-c1cc(=O)c(C(=O)O)cn1[C@H](C(C)(C)C)CO2. The maximum absolute atomic E-state index is 12.6. The van der Waals surface area contributed by atoms with E-state index in [1.54, 1.807) is 0 Å². The zero-order chi connectivity index (χ0) is 22.3. The lowest BCUT2D eigenvalue weighted by atomic mass is 9.86. The van der Waals surface area contributed by atoms with E-state index in [0.717, 1.165) is 37.1 Å². The van der Waals surface area contributed by atoms with Gasteiger partial charge in [-0.1, -0.05) is 34.1 Å². The number of rotatable bonds is 6. The van der Waals surface area contributed by atoms with Crippen LogP contribution >= 0.6 is 0 Å². The molecule has 0 spiro atoms. The predicted octanol–water partition coefficient (Wildman–Crippen LogP) is 4.64. The van der Waals surface area contributed by atoms with Crippen LogP contribution in [0, 0.1) is 5.41 Å². The van der Waals surface area contributed by atoms with Crippen molar-refractivity contribution < 1.29 is 19.4 Å². The van der Waals surface area contributed by atoms with E-state index in [-0.39, 0.29) is 17.0 Å². The van der Waals surface area contributed by atoms with Crippen molar-refractivity contribution in [2.75, 3.05) is 13.2 Å². The second-order valence-electron chi connectivity index (χ2n) is 9.54. The first kappa shape index (κ1) is 21.4. The number of hydrogen-bond donors (Lipinski definition) is 1. The summed E-state index contributed by atoms with van der Waals surface area (Å²) in [4.78, 5) is 29.2. The van der Waals surface area contributed by atoms with Crippen molar-refractivity contribution in [2.45, 2.75) is 65.3 Å². The summed E-state index contributed by atoms with van der Waals surface area (Å²) in [6.45, 7) is 9.30. The first-order valence-corrected chi connectivity index (χ1v) is 11.0. The highest BCUT2D eigenvalue weighted by Crippen LogP contribution is 2.47. The quantitative estimate of drug-likeness (QED) is 0.677. The number of carbonyl (C=O) groups is 1. The number of aromatic carboxylic acids is 1. The van der Waals surface area contributed by atoms with Gasteiger partial charge >= 0.3 is 5.97 Å². The zero-order valence-corrected chi connectivity index (χ0v) is 18.6. The summed E-state index contributed by atoms with van der Waals surface area (Å²) in [5, 5.41) is 9.51. The average Bonchev–Trinajstić information content (AvgIpc) is 3.53. The summed E-state index contributed by atoms with van der Waals surface area (Å²) in [5.74, 6) is 0.436. The number of pyridine rings is 2. The minimum Gasteiger partial charge on any atom is -0.492 e. The van der Waals surface area contributed by atoms with Crippen molar-refractivity contribution in [1.29, 1.82) is 0 Å². The number of carboxylic acids is 1. The van der Waals surface area contributed by atoms with Crippen LogP contribution in [-0.4, -0.2) is 33.8 Å². The number of nitrogens with zero attached hydrogens (tertiary/aromatic N) is 2. The molecule has 1 saturated carbocycles. The van der Waals surface area contributed by atoms with Gasteiger partial charge in [0.15, 0.2) is 11.2 Å². The number of aromatic nitrogens is 2. The number of fused-ring (bicyclic) bond motifs is 3. The third kappa shape index (κ3) is 4.18. The molecule has 2 aromatic rings. The van der Waals surface area contributed by atoms with E-state index in [4.69, 9.17) is 14.5 Å². The monoisotopic (exact) mass is 426 g/mol. The molecule has 0 saturated heterocycles. The van der Waals surface area contributed by atoms with Crippen LogP contribution in [0.1, 0.15) is 81.4 Å². The Hall–Kier alpha value is -2.83. The first-order chi connectivity index (χ1) is 14.7. The van der Waals surface area contributed by atoms with Crippen LogP contribution in [0.3, 0.4) is 0 Å². The van der Waals surface area contributed by atoms with E-state index < -0.39 is 11.4 Å². The fourth-order valence-electron chi connectivity index (χ4n) is 3.95. The summed E-state index contributed by atoms with van der Waals surface area (Å²) in [6.07, 6.45) is 5.57. The van der Waals surface area contributed by atoms with Gasteiger partial charge in [-0.05, 0) is 24.7 Å². The van der Waals surface area contributed by atoms with E-state index >= 15 is 0 Å². The van der Waals surface area contributed by atoms with Crippen molar-refractivity contribution in [2.24, 2.45) is 5.41 Å². The minimum atomic E-state index is -1.23. The average molecular weight is 427 g/mol. The van der Waals surface area contributed by atoms with E-state index in [0.29, 0.717) is 36.3 Å². The van der Waals surface area contributed by atoms with Gasteiger partial charge in [-0.2, -0.15) is 0 Å². The molecule has 0 amide bonds. The Morgan fingerprint density at radius 1 is 1.32 bits per heavy atom. The Labute approximate surface area is 182 Å². The van der Waals surface area contributed by atoms with Gasteiger partial charge in [0.1, 0.15) is 23.6 Å². The summed E-state index contributed by atoms with van der Waals surface area (Å²) in [5.41, 5.74) is 1.05.